The number of ether oxygens (including phenoxy) is 2. The second-order valence-electron chi connectivity index (χ2n) is 5.83. The van der Waals surface area contributed by atoms with Crippen molar-refractivity contribution in [3.8, 4) is 11.5 Å². The molecule has 122 valence electrons. The van der Waals surface area contributed by atoms with Crippen LogP contribution in [0.1, 0.15) is 38.2 Å². The van der Waals surface area contributed by atoms with Gasteiger partial charge in [-0.1, -0.05) is 19.1 Å². The number of carbonyl (C=O) groups excluding carboxylic acids is 1. The van der Waals surface area contributed by atoms with E-state index in [9.17, 15) is 4.79 Å². The van der Waals surface area contributed by atoms with Gasteiger partial charge in [0.1, 0.15) is 0 Å². The fourth-order valence-electron chi connectivity index (χ4n) is 2.63. The molecule has 1 unspecified atom stereocenters. The molecule has 2 rings (SSSR count). The van der Waals surface area contributed by atoms with Crippen LogP contribution in [-0.4, -0.2) is 25.7 Å². The van der Waals surface area contributed by atoms with E-state index in [4.69, 9.17) is 15.2 Å². The van der Waals surface area contributed by atoms with Crippen LogP contribution >= 0.6 is 0 Å². The highest BCUT2D eigenvalue weighted by Gasteiger charge is 2.21. The van der Waals surface area contributed by atoms with Crippen LogP contribution in [0.2, 0.25) is 0 Å². The van der Waals surface area contributed by atoms with Gasteiger partial charge in [-0.3, -0.25) is 4.79 Å². The summed E-state index contributed by atoms with van der Waals surface area (Å²) >= 11 is 0. The van der Waals surface area contributed by atoms with E-state index in [1.807, 2.05) is 25.1 Å². The van der Waals surface area contributed by atoms with Crippen molar-refractivity contribution in [2.45, 2.75) is 45.3 Å². The first-order valence-corrected chi connectivity index (χ1v) is 7.96. The Morgan fingerprint density at radius 3 is 2.77 bits per heavy atom. The summed E-state index contributed by atoms with van der Waals surface area (Å²) in [5.41, 5.74) is 6.45. The van der Waals surface area contributed by atoms with Crippen molar-refractivity contribution in [3.63, 3.8) is 0 Å². The Labute approximate surface area is 132 Å². The number of rotatable bonds is 7. The second kappa shape index (κ2) is 8.03. The molecule has 1 saturated carbocycles. The van der Waals surface area contributed by atoms with Gasteiger partial charge in [0.05, 0.1) is 13.2 Å². The largest absolute Gasteiger partial charge is 0.493 e. The summed E-state index contributed by atoms with van der Waals surface area (Å²) in [7, 11) is 1.63. The highest BCUT2D eigenvalue weighted by Crippen LogP contribution is 2.34. The van der Waals surface area contributed by atoms with Crippen molar-refractivity contribution in [3.05, 3.63) is 23.8 Å². The Morgan fingerprint density at radius 1 is 1.41 bits per heavy atom. The van der Waals surface area contributed by atoms with Crippen LogP contribution in [0, 0.1) is 5.92 Å². The first-order chi connectivity index (χ1) is 10.7. The van der Waals surface area contributed by atoms with E-state index in [0.29, 0.717) is 18.8 Å². The number of nitrogens with one attached hydrogen (secondary N) is 1. The minimum absolute atomic E-state index is 0.0443. The molecule has 0 bridgehead atoms. The molecule has 0 heterocycles. The molecule has 1 atom stereocenters. The van der Waals surface area contributed by atoms with E-state index in [1.54, 1.807) is 7.11 Å². The molecule has 0 aromatic heterocycles. The zero-order valence-electron chi connectivity index (χ0n) is 13.4. The van der Waals surface area contributed by atoms with E-state index >= 15 is 0 Å². The van der Waals surface area contributed by atoms with Crippen molar-refractivity contribution in [1.29, 1.82) is 0 Å². The molecule has 1 amide bonds. The van der Waals surface area contributed by atoms with Gasteiger partial charge in [-0.15, -0.1) is 0 Å². The van der Waals surface area contributed by atoms with E-state index in [2.05, 4.69) is 5.32 Å². The van der Waals surface area contributed by atoms with Gasteiger partial charge >= 0.3 is 0 Å². The van der Waals surface area contributed by atoms with Gasteiger partial charge in [-0.05, 0) is 31.7 Å². The maximum absolute atomic E-state index is 11.9. The number of nitrogens with two attached hydrogens (primary N) is 1. The third-order valence-electron chi connectivity index (χ3n) is 4.12. The molecular weight excluding hydrogens is 280 g/mol. The van der Waals surface area contributed by atoms with Crippen LogP contribution < -0.4 is 20.5 Å². The van der Waals surface area contributed by atoms with Crippen LogP contribution in [0.5, 0.6) is 11.5 Å². The van der Waals surface area contributed by atoms with Crippen LogP contribution in [0.15, 0.2) is 18.2 Å². The minimum Gasteiger partial charge on any atom is -0.493 e. The number of carbonyl (C=O) groups is 1. The second-order valence-corrected chi connectivity index (χ2v) is 5.83. The summed E-state index contributed by atoms with van der Waals surface area (Å²) in [5.74, 6) is 1.23. The summed E-state index contributed by atoms with van der Waals surface area (Å²) < 4.78 is 11.6. The summed E-state index contributed by atoms with van der Waals surface area (Å²) in [6.45, 7) is 2.58. The number of hydrogen-bond donors (Lipinski definition) is 2. The Balaban J connectivity index is 2.10. The molecule has 1 aromatic carbocycles. The molecule has 0 saturated heterocycles. The maximum atomic E-state index is 11.9. The van der Waals surface area contributed by atoms with Gasteiger partial charge in [-0.2, -0.15) is 0 Å². The minimum atomic E-state index is -0.190. The summed E-state index contributed by atoms with van der Waals surface area (Å²) in [4.78, 5) is 11.9. The van der Waals surface area contributed by atoms with Crippen LogP contribution in [0.3, 0.4) is 0 Å². The number of amides is 1. The summed E-state index contributed by atoms with van der Waals surface area (Å²) in [6.07, 6.45) is 4.82. The molecule has 5 heteroatoms. The predicted molar refractivity (Wildman–Crippen MR) is 85.9 cm³/mol. The lowest BCUT2D eigenvalue weighted by molar-refractivity contribution is -0.124. The number of hydrogen-bond acceptors (Lipinski definition) is 4. The third-order valence-corrected chi connectivity index (χ3v) is 4.12. The van der Waals surface area contributed by atoms with E-state index in [1.165, 1.54) is 12.8 Å². The van der Waals surface area contributed by atoms with Gasteiger partial charge in [0, 0.05) is 24.6 Å². The average molecular weight is 306 g/mol. The van der Waals surface area contributed by atoms with Crippen molar-refractivity contribution in [2.75, 3.05) is 13.7 Å². The molecule has 3 N–H and O–H groups in total. The number of para-hydroxylation sites is 1. The zero-order valence-corrected chi connectivity index (χ0v) is 13.4. The van der Waals surface area contributed by atoms with Gasteiger partial charge in [0.25, 0.3) is 0 Å². The lowest BCUT2D eigenvalue weighted by Crippen LogP contribution is -2.33. The van der Waals surface area contributed by atoms with Crippen LogP contribution in [0.25, 0.3) is 0 Å². The normalized spacial score (nSPS) is 16.3. The van der Waals surface area contributed by atoms with Crippen molar-refractivity contribution < 1.29 is 14.3 Å². The summed E-state index contributed by atoms with van der Waals surface area (Å²) in [5, 5.41) is 2.91. The lowest BCUT2D eigenvalue weighted by atomic mass is 10.1. The Hall–Kier alpha value is -1.75. The first kappa shape index (κ1) is 16.6. The molecule has 1 fully saturated rings. The smallest absolute Gasteiger partial charge is 0.224 e. The lowest BCUT2D eigenvalue weighted by Gasteiger charge is -2.20. The fraction of sp³-hybridized carbons (Fsp3) is 0.588. The summed E-state index contributed by atoms with van der Waals surface area (Å²) in [6, 6.07) is 5.76. The van der Waals surface area contributed by atoms with Gasteiger partial charge < -0.3 is 20.5 Å². The molecular formula is C17H26N2O3. The molecule has 1 aliphatic carbocycles. The number of methoxy groups -OCH3 is 1. The van der Waals surface area contributed by atoms with Crippen molar-refractivity contribution in [1.82, 2.24) is 5.32 Å². The van der Waals surface area contributed by atoms with Crippen LogP contribution in [0.4, 0.5) is 0 Å². The molecule has 1 aromatic rings. The van der Waals surface area contributed by atoms with Crippen LogP contribution in [-0.2, 0) is 11.3 Å². The van der Waals surface area contributed by atoms with E-state index in [0.717, 1.165) is 24.2 Å². The van der Waals surface area contributed by atoms with Crippen molar-refractivity contribution >= 4 is 5.91 Å². The maximum Gasteiger partial charge on any atom is 0.224 e. The zero-order chi connectivity index (χ0) is 15.9. The highest BCUT2D eigenvalue weighted by molar-refractivity contribution is 5.78. The Kier molecular flexibility index (Phi) is 6.07. The Morgan fingerprint density at radius 2 is 2.14 bits per heavy atom. The molecule has 0 radical (unpaired) electrons. The standard InChI is InChI=1S/C17H26N2O3/c1-12(10-18)17(20)19-11-13-6-5-9-15(21-2)16(13)22-14-7-3-4-8-14/h5-6,9,12,14H,3-4,7-8,10-11,18H2,1-2H3,(H,19,20). The molecule has 1 aliphatic rings. The molecule has 5 nitrogen and oxygen atoms in total. The first-order valence-electron chi connectivity index (χ1n) is 7.96. The third kappa shape index (κ3) is 4.13. The molecule has 0 spiro atoms. The van der Waals surface area contributed by atoms with Gasteiger partial charge in [-0.25, -0.2) is 0 Å². The van der Waals surface area contributed by atoms with E-state index < -0.39 is 0 Å². The SMILES string of the molecule is COc1cccc(CNC(=O)C(C)CN)c1OC1CCCC1. The van der Waals surface area contributed by atoms with Gasteiger partial charge in [0.2, 0.25) is 5.91 Å². The molecule has 22 heavy (non-hydrogen) atoms. The predicted octanol–water partition coefficient (Wildman–Crippen LogP) is 2.23. The van der Waals surface area contributed by atoms with Crippen molar-refractivity contribution in [2.24, 2.45) is 11.7 Å². The van der Waals surface area contributed by atoms with Gasteiger partial charge in [0.15, 0.2) is 11.5 Å². The monoisotopic (exact) mass is 306 g/mol. The average Bonchev–Trinajstić information content (AvgIpc) is 3.05. The number of benzene rings is 1. The highest BCUT2D eigenvalue weighted by atomic mass is 16.5. The van der Waals surface area contributed by atoms with E-state index in [-0.39, 0.29) is 17.9 Å². The quantitative estimate of drug-likeness (QED) is 0.810. The Bertz CT molecular complexity index is 499. The fourth-order valence-corrected chi connectivity index (χ4v) is 2.63. The molecule has 0 aliphatic heterocycles. The topological polar surface area (TPSA) is 73.6 Å².